The summed E-state index contributed by atoms with van der Waals surface area (Å²) in [5.41, 5.74) is 14.1. The van der Waals surface area contributed by atoms with Crippen LogP contribution in [0.15, 0.2) is 48.5 Å². The molecule has 0 heterocycles. The lowest BCUT2D eigenvalue weighted by Crippen LogP contribution is -2.59. The molecule has 4 saturated carbocycles. The lowest BCUT2D eigenvalue weighted by Gasteiger charge is -2.63. The van der Waals surface area contributed by atoms with Crippen LogP contribution in [0.3, 0.4) is 0 Å². The van der Waals surface area contributed by atoms with Gasteiger partial charge in [0.2, 0.25) is 0 Å². The van der Waals surface area contributed by atoms with Crippen LogP contribution in [-0.4, -0.2) is 24.8 Å². The van der Waals surface area contributed by atoms with Gasteiger partial charge in [-0.15, -0.1) is 0 Å². The van der Waals surface area contributed by atoms with E-state index in [1.165, 1.54) is 116 Å². The maximum atomic E-state index is 12.9. The Labute approximate surface area is 353 Å². The summed E-state index contributed by atoms with van der Waals surface area (Å²) in [5.74, 6) is 5.51. The summed E-state index contributed by atoms with van der Waals surface area (Å²) < 4.78 is 19.4. The molecule has 2 aromatic carbocycles. The van der Waals surface area contributed by atoms with E-state index < -0.39 is 0 Å². The molecule has 4 fully saturated rings. The Kier molecular flexibility index (Phi) is 16.6. The number of unbranched alkanes of at least 4 members (excludes halogenated alkanes) is 13. The van der Waals surface area contributed by atoms with Gasteiger partial charge in [0.05, 0.1) is 12.7 Å². The molecule has 4 aliphatic rings. The molecule has 0 saturated heterocycles. The van der Waals surface area contributed by atoms with Crippen molar-refractivity contribution < 1.29 is 19.0 Å². The Balaban J connectivity index is 0.960. The molecule has 0 amide bonds. The first kappa shape index (κ1) is 44.7. The molecule has 6 rings (SSSR count). The fourth-order valence-electron chi connectivity index (χ4n) is 13.0. The summed E-state index contributed by atoms with van der Waals surface area (Å²) in [6.45, 7) is 10.5. The number of anilines is 2. The number of rotatable bonds is 23. The molecule has 2 aromatic rings. The number of hydrogen-bond donors (Lipinski definition) is 2. The van der Waals surface area contributed by atoms with E-state index in [4.69, 9.17) is 25.7 Å². The van der Waals surface area contributed by atoms with Crippen molar-refractivity contribution in [2.75, 3.05) is 18.1 Å². The number of ether oxygens (including phenoxy) is 3. The van der Waals surface area contributed by atoms with Crippen molar-refractivity contribution >= 4 is 17.3 Å². The Bertz CT molecular complexity index is 1510. The van der Waals surface area contributed by atoms with Crippen LogP contribution in [0.4, 0.5) is 11.4 Å². The van der Waals surface area contributed by atoms with Gasteiger partial charge < -0.3 is 25.7 Å². The maximum absolute atomic E-state index is 12.9. The van der Waals surface area contributed by atoms with E-state index in [0.717, 1.165) is 55.0 Å². The summed E-state index contributed by atoms with van der Waals surface area (Å²) in [4.78, 5) is 12.9. The van der Waals surface area contributed by atoms with Crippen LogP contribution in [-0.2, 0) is 9.53 Å². The highest BCUT2D eigenvalue weighted by molar-refractivity contribution is 5.69. The quantitative estimate of drug-likeness (QED) is 0.0660. The molecular formula is C52H82N2O4. The van der Waals surface area contributed by atoms with Gasteiger partial charge in [-0.05, 0) is 153 Å². The minimum absolute atomic E-state index is 0.00911. The van der Waals surface area contributed by atoms with Gasteiger partial charge in [-0.25, -0.2) is 0 Å². The van der Waals surface area contributed by atoms with Gasteiger partial charge in [0.15, 0.2) is 0 Å². The lowest BCUT2D eigenvalue weighted by atomic mass is 9.43. The van der Waals surface area contributed by atoms with Crippen molar-refractivity contribution in [2.45, 2.75) is 194 Å². The van der Waals surface area contributed by atoms with Gasteiger partial charge in [-0.2, -0.15) is 0 Å². The van der Waals surface area contributed by atoms with Crippen LogP contribution in [0.25, 0.3) is 0 Å². The van der Waals surface area contributed by atoms with Crippen molar-refractivity contribution in [3.63, 3.8) is 0 Å². The average molecular weight is 799 g/mol. The Hall–Kier alpha value is -2.89. The van der Waals surface area contributed by atoms with E-state index in [9.17, 15) is 4.79 Å². The topological polar surface area (TPSA) is 96.8 Å². The molecule has 4 N–H and O–H groups in total. The van der Waals surface area contributed by atoms with Gasteiger partial charge in [0, 0.05) is 23.7 Å². The monoisotopic (exact) mass is 799 g/mol. The lowest BCUT2D eigenvalue weighted by molar-refractivity contribution is -0.164. The van der Waals surface area contributed by atoms with E-state index in [1.807, 2.05) is 48.5 Å². The first-order valence-electron chi connectivity index (χ1n) is 24.3. The largest absolute Gasteiger partial charge is 0.490 e. The molecule has 324 valence electrons. The van der Waals surface area contributed by atoms with E-state index >= 15 is 0 Å². The number of carbonyl (C=O) groups excluding carboxylic acids is 1. The van der Waals surface area contributed by atoms with E-state index in [-0.39, 0.29) is 23.6 Å². The molecule has 0 radical (unpaired) electrons. The predicted molar refractivity (Wildman–Crippen MR) is 241 cm³/mol. The molecule has 6 heteroatoms. The zero-order valence-corrected chi connectivity index (χ0v) is 37.2. The van der Waals surface area contributed by atoms with Crippen molar-refractivity contribution in [1.82, 2.24) is 0 Å². The molecule has 6 nitrogen and oxygen atoms in total. The van der Waals surface area contributed by atoms with Gasteiger partial charge in [-0.1, -0.05) is 111 Å². The highest BCUT2D eigenvalue weighted by Gasteiger charge is 2.63. The van der Waals surface area contributed by atoms with Gasteiger partial charge in [-0.3, -0.25) is 4.79 Å². The molecule has 10 atom stereocenters. The van der Waals surface area contributed by atoms with Gasteiger partial charge in [0.1, 0.15) is 17.6 Å². The van der Waals surface area contributed by atoms with Crippen LogP contribution in [0.5, 0.6) is 11.5 Å². The van der Waals surface area contributed by atoms with Crippen molar-refractivity contribution in [2.24, 2.45) is 46.3 Å². The highest BCUT2D eigenvalue weighted by Crippen LogP contribution is 2.68. The van der Waals surface area contributed by atoms with Crippen LogP contribution < -0.4 is 20.9 Å². The molecule has 4 aliphatic carbocycles. The number of nitrogens with two attached hydrogens (primary N) is 2. The first-order valence-corrected chi connectivity index (χ1v) is 24.3. The van der Waals surface area contributed by atoms with Crippen LogP contribution in [0.1, 0.15) is 182 Å². The van der Waals surface area contributed by atoms with E-state index in [0.29, 0.717) is 54.0 Å². The van der Waals surface area contributed by atoms with Gasteiger partial charge >= 0.3 is 5.97 Å². The Morgan fingerprint density at radius 3 is 1.79 bits per heavy atom. The molecule has 0 spiro atoms. The smallest absolute Gasteiger partial charge is 0.305 e. The zero-order chi connectivity index (χ0) is 41.0. The number of fused-ring (bicyclic) bond motifs is 5. The minimum Gasteiger partial charge on any atom is -0.490 e. The number of benzene rings is 2. The third-order valence-electron chi connectivity index (χ3n) is 16.3. The normalized spacial score (nSPS) is 30.8. The zero-order valence-electron chi connectivity index (χ0n) is 37.2. The number of hydrogen-bond acceptors (Lipinski definition) is 6. The van der Waals surface area contributed by atoms with Crippen molar-refractivity contribution in [3.05, 3.63) is 48.5 Å². The molecule has 3 unspecified atom stereocenters. The highest BCUT2D eigenvalue weighted by atomic mass is 16.5. The maximum Gasteiger partial charge on any atom is 0.305 e. The summed E-state index contributed by atoms with van der Waals surface area (Å²) in [6.07, 6.45) is 30.1. The van der Waals surface area contributed by atoms with Crippen molar-refractivity contribution in [3.8, 4) is 11.5 Å². The SMILES string of the molecule is CCCCCCCCCCCCCCCCOC(=O)CC[C@@H](C)[C@H]1CC[C@H]2[C@@H]3CC(Oc4ccc(N)cc4)C4CC(Oc5ccc(N)cc5)CC[C@]4(C)[C@H]3CC[C@]12C. The fraction of sp³-hybridized carbons (Fsp3) is 0.750. The van der Waals surface area contributed by atoms with Gasteiger partial charge in [0.25, 0.3) is 0 Å². The second kappa shape index (κ2) is 21.6. The Morgan fingerprint density at radius 2 is 1.19 bits per heavy atom. The van der Waals surface area contributed by atoms with E-state index in [1.54, 1.807) is 0 Å². The number of esters is 1. The van der Waals surface area contributed by atoms with Crippen LogP contribution >= 0.6 is 0 Å². The standard InChI is InChI=1S/C52H82N2O4/c1-5-6-7-8-9-10-11-12-13-14-15-16-17-18-35-56-50(55)30-19-38(2)45-28-29-46-44-37-49(58-42-26-22-40(54)23-27-42)48-36-43(57-41-24-20-39(53)21-25-41)31-33-52(48,4)47(44)32-34-51(45,46)3/h20-27,38,43-49H,5-19,28-37,53-54H2,1-4H3/t38-,43?,44+,45-,46+,47+,48?,49?,51-,52-/m1/s1. The predicted octanol–water partition coefficient (Wildman–Crippen LogP) is 13.8. The fourth-order valence-corrected chi connectivity index (χ4v) is 13.0. The first-order chi connectivity index (χ1) is 28.1. The Morgan fingerprint density at radius 1 is 0.655 bits per heavy atom. The molecular weight excluding hydrogens is 717 g/mol. The number of nitrogen functional groups attached to an aromatic ring is 2. The molecule has 0 bridgehead atoms. The summed E-state index contributed by atoms with van der Waals surface area (Å²) in [6, 6.07) is 15.9. The third-order valence-corrected chi connectivity index (χ3v) is 16.3. The molecule has 0 aliphatic heterocycles. The summed E-state index contributed by atoms with van der Waals surface area (Å²) in [7, 11) is 0. The second-order valence-electron chi connectivity index (χ2n) is 20.1. The van der Waals surface area contributed by atoms with Crippen molar-refractivity contribution in [1.29, 1.82) is 0 Å². The third kappa shape index (κ3) is 11.5. The van der Waals surface area contributed by atoms with Crippen LogP contribution in [0, 0.1) is 46.3 Å². The summed E-state index contributed by atoms with van der Waals surface area (Å²) in [5, 5.41) is 0. The average Bonchev–Trinajstić information content (AvgIpc) is 3.58. The molecule has 0 aromatic heterocycles. The molecule has 58 heavy (non-hydrogen) atoms. The number of carbonyl (C=O) groups is 1. The van der Waals surface area contributed by atoms with Crippen LogP contribution in [0.2, 0.25) is 0 Å². The minimum atomic E-state index is 0.00911. The van der Waals surface area contributed by atoms with E-state index in [2.05, 4.69) is 27.7 Å². The second-order valence-corrected chi connectivity index (χ2v) is 20.1. The summed E-state index contributed by atoms with van der Waals surface area (Å²) >= 11 is 0.